The fourth-order valence-corrected chi connectivity index (χ4v) is 2.92. The van der Waals surface area contributed by atoms with Crippen LogP contribution in [0.3, 0.4) is 0 Å². The van der Waals surface area contributed by atoms with Gasteiger partial charge in [-0.15, -0.1) is 0 Å². The fourth-order valence-electron chi connectivity index (χ4n) is 2.92. The van der Waals surface area contributed by atoms with Crippen LogP contribution in [-0.2, 0) is 4.79 Å². The van der Waals surface area contributed by atoms with Crippen LogP contribution in [0.4, 0.5) is 5.69 Å². The van der Waals surface area contributed by atoms with Crippen molar-refractivity contribution in [2.24, 2.45) is 0 Å². The second-order valence-electron chi connectivity index (χ2n) is 6.87. The number of phenols is 1. The van der Waals surface area contributed by atoms with Gasteiger partial charge in [-0.3, -0.25) is 4.79 Å². The lowest BCUT2D eigenvalue weighted by Gasteiger charge is -2.09. The Hall–Kier alpha value is -3.80. The summed E-state index contributed by atoms with van der Waals surface area (Å²) in [5, 5.41) is 13.1. The zero-order chi connectivity index (χ0) is 20.4. The van der Waals surface area contributed by atoms with E-state index < -0.39 is 0 Å². The molecule has 3 aromatic carbocycles. The van der Waals surface area contributed by atoms with E-state index in [0.29, 0.717) is 28.5 Å². The van der Waals surface area contributed by atoms with Crippen LogP contribution < -0.4 is 10.1 Å². The molecule has 0 saturated carbocycles. The zero-order valence-corrected chi connectivity index (χ0v) is 16.1. The highest BCUT2D eigenvalue weighted by Crippen LogP contribution is 2.33. The van der Waals surface area contributed by atoms with Crippen molar-refractivity contribution in [1.82, 2.24) is 4.98 Å². The molecule has 0 spiro atoms. The Morgan fingerprint density at radius 3 is 2.55 bits per heavy atom. The van der Waals surface area contributed by atoms with Crippen LogP contribution in [0.25, 0.3) is 22.6 Å². The lowest BCUT2D eigenvalue weighted by molar-refractivity contribution is -0.118. The van der Waals surface area contributed by atoms with Crippen molar-refractivity contribution in [3.8, 4) is 23.0 Å². The van der Waals surface area contributed by atoms with E-state index in [4.69, 9.17) is 9.15 Å². The molecular formula is C23H20N2O4. The van der Waals surface area contributed by atoms with E-state index in [1.54, 1.807) is 12.1 Å². The molecule has 0 unspecified atom stereocenters. The van der Waals surface area contributed by atoms with E-state index in [1.807, 2.05) is 56.3 Å². The van der Waals surface area contributed by atoms with E-state index >= 15 is 0 Å². The quantitative estimate of drug-likeness (QED) is 0.511. The lowest BCUT2D eigenvalue weighted by Crippen LogP contribution is -2.20. The number of aromatic hydroxyl groups is 1. The number of fused-ring (bicyclic) bond motifs is 1. The summed E-state index contributed by atoms with van der Waals surface area (Å²) < 4.78 is 11.2. The molecule has 0 aliphatic heterocycles. The molecule has 0 aliphatic carbocycles. The van der Waals surface area contributed by atoms with Crippen LogP contribution in [0.15, 0.2) is 65.1 Å². The van der Waals surface area contributed by atoms with Crippen molar-refractivity contribution < 1.29 is 19.1 Å². The minimum Gasteiger partial charge on any atom is -0.507 e. The fraction of sp³-hybridized carbons (Fsp3) is 0.130. The lowest BCUT2D eigenvalue weighted by atomic mass is 10.2. The van der Waals surface area contributed by atoms with Gasteiger partial charge in [0.05, 0.1) is 5.56 Å². The molecule has 1 heterocycles. The number of carbonyl (C=O) groups excluding carboxylic acids is 1. The molecule has 1 amide bonds. The van der Waals surface area contributed by atoms with Gasteiger partial charge in [0.15, 0.2) is 12.2 Å². The van der Waals surface area contributed by atoms with Crippen LogP contribution in [0.5, 0.6) is 11.5 Å². The minimum absolute atomic E-state index is 0.0365. The number of nitrogens with zero attached hydrogens (tertiary/aromatic N) is 1. The van der Waals surface area contributed by atoms with Gasteiger partial charge >= 0.3 is 0 Å². The molecule has 0 aliphatic rings. The van der Waals surface area contributed by atoms with Crippen LogP contribution in [0.2, 0.25) is 0 Å². The number of ether oxygens (including phenoxy) is 1. The van der Waals surface area contributed by atoms with Crippen LogP contribution >= 0.6 is 0 Å². The van der Waals surface area contributed by atoms with Gasteiger partial charge in [0.1, 0.15) is 17.0 Å². The molecule has 0 saturated heterocycles. The highest BCUT2D eigenvalue weighted by molar-refractivity contribution is 5.92. The van der Waals surface area contributed by atoms with Crippen molar-refractivity contribution in [2.75, 3.05) is 11.9 Å². The van der Waals surface area contributed by atoms with Gasteiger partial charge in [0.25, 0.3) is 5.91 Å². The van der Waals surface area contributed by atoms with Crippen LogP contribution in [-0.4, -0.2) is 22.6 Å². The number of hydrogen-bond acceptors (Lipinski definition) is 5. The zero-order valence-electron chi connectivity index (χ0n) is 16.1. The summed E-state index contributed by atoms with van der Waals surface area (Å²) in [6.45, 7) is 3.83. The minimum atomic E-state index is -0.324. The first-order chi connectivity index (χ1) is 14.0. The summed E-state index contributed by atoms with van der Waals surface area (Å²) in [4.78, 5) is 16.6. The number of aryl methyl sites for hydroxylation is 2. The summed E-state index contributed by atoms with van der Waals surface area (Å²) in [5.74, 6) is 0.583. The second-order valence-corrected chi connectivity index (χ2v) is 6.87. The average Bonchev–Trinajstić information content (AvgIpc) is 3.10. The molecule has 6 nitrogen and oxygen atoms in total. The van der Waals surface area contributed by atoms with Gasteiger partial charge in [-0.2, -0.15) is 0 Å². The predicted octanol–water partition coefficient (Wildman–Crippen LogP) is 4.83. The first-order valence-corrected chi connectivity index (χ1v) is 9.18. The largest absolute Gasteiger partial charge is 0.507 e. The van der Waals surface area contributed by atoms with Gasteiger partial charge in [-0.25, -0.2) is 4.98 Å². The second kappa shape index (κ2) is 7.67. The molecule has 29 heavy (non-hydrogen) atoms. The first kappa shape index (κ1) is 18.6. The van der Waals surface area contributed by atoms with E-state index in [0.717, 1.165) is 16.6 Å². The van der Waals surface area contributed by atoms with E-state index in [-0.39, 0.29) is 18.3 Å². The predicted molar refractivity (Wildman–Crippen MR) is 111 cm³/mol. The molecule has 0 radical (unpaired) electrons. The van der Waals surface area contributed by atoms with Gasteiger partial charge in [0.2, 0.25) is 5.89 Å². The third-order valence-electron chi connectivity index (χ3n) is 4.45. The summed E-state index contributed by atoms with van der Waals surface area (Å²) in [5.41, 5.74) is 4.48. The molecular weight excluding hydrogens is 368 g/mol. The summed E-state index contributed by atoms with van der Waals surface area (Å²) in [6, 6.07) is 17.9. The Balaban J connectivity index is 1.44. The van der Waals surface area contributed by atoms with E-state index in [9.17, 15) is 9.90 Å². The standard InChI is InChI=1S/C23H20N2O4/c1-14-3-7-17(8-4-14)28-13-22(27)24-16-6-9-18(20(26)12-16)23-25-19-11-15(2)5-10-21(19)29-23/h3-12,26H,13H2,1-2H3,(H,24,27). The number of anilines is 1. The third kappa shape index (κ3) is 4.21. The molecule has 4 rings (SSSR count). The number of carbonyl (C=O) groups is 1. The summed E-state index contributed by atoms with van der Waals surface area (Å²) >= 11 is 0. The maximum atomic E-state index is 12.1. The number of nitrogens with one attached hydrogen (secondary N) is 1. The van der Waals surface area contributed by atoms with Crippen molar-refractivity contribution in [3.05, 3.63) is 71.8 Å². The molecule has 146 valence electrons. The Bertz CT molecular complexity index is 1180. The Morgan fingerprint density at radius 1 is 1.03 bits per heavy atom. The Morgan fingerprint density at radius 2 is 1.79 bits per heavy atom. The number of benzene rings is 3. The van der Waals surface area contributed by atoms with Gasteiger partial charge in [0, 0.05) is 11.8 Å². The van der Waals surface area contributed by atoms with Crippen molar-refractivity contribution >= 4 is 22.7 Å². The first-order valence-electron chi connectivity index (χ1n) is 9.18. The smallest absolute Gasteiger partial charge is 0.262 e. The third-order valence-corrected chi connectivity index (χ3v) is 4.45. The Labute approximate surface area is 167 Å². The highest BCUT2D eigenvalue weighted by Gasteiger charge is 2.14. The molecule has 0 bridgehead atoms. The van der Waals surface area contributed by atoms with Crippen LogP contribution in [0.1, 0.15) is 11.1 Å². The number of phenolic OH excluding ortho intramolecular Hbond substituents is 1. The average molecular weight is 388 g/mol. The topological polar surface area (TPSA) is 84.6 Å². The number of hydrogen-bond donors (Lipinski definition) is 2. The molecule has 0 fully saturated rings. The van der Waals surface area contributed by atoms with E-state index in [1.165, 1.54) is 6.07 Å². The normalized spacial score (nSPS) is 10.8. The van der Waals surface area contributed by atoms with Gasteiger partial charge < -0.3 is 19.6 Å². The highest BCUT2D eigenvalue weighted by atomic mass is 16.5. The number of aromatic nitrogens is 1. The molecule has 4 aromatic rings. The SMILES string of the molecule is Cc1ccc(OCC(=O)Nc2ccc(-c3nc4cc(C)ccc4o3)c(O)c2)cc1. The Kier molecular flexibility index (Phi) is 4.91. The van der Waals surface area contributed by atoms with Crippen molar-refractivity contribution in [1.29, 1.82) is 0 Å². The number of oxazole rings is 1. The van der Waals surface area contributed by atoms with E-state index in [2.05, 4.69) is 10.3 Å². The van der Waals surface area contributed by atoms with Crippen LogP contribution in [0, 0.1) is 13.8 Å². The molecule has 6 heteroatoms. The van der Waals surface area contributed by atoms with Gasteiger partial charge in [-0.1, -0.05) is 23.8 Å². The van der Waals surface area contributed by atoms with Crippen molar-refractivity contribution in [3.63, 3.8) is 0 Å². The van der Waals surface area contributed by atoms with Gasteiger partial charge in [-0.05, 0) is 55.8 Å². The molecule has 0 atom stereocenters. The maximum absolute atomic E-state index is 12.1. The number of amides is 1. The monoisotopic (exact) mass is 388 g/mol. The molecule has 2 N–H and O–H groups in total. The summed E-state index contributed by atoms with van der Waals surface area (Å²) in [6.07, 6.45) is 0. The van der Waals surface area contributed by atoms with Crippen molar-refractivity contribution in [2.45, 2.75) is 13.8 Å². The maximum Gasteiger partial charge on any atom is 0.262 e. The summed E-state index contributed by atoms with van der Waals surface area (Å²) in [7, 11) is 0. The molecule has 1 aromatic heterocycles. The number of rotatable bonds is 5.